The molecule has 0 unspecified atom stereocenters. The van der Waals surface area contributed by atoms with Gasteiger partial charge in [-0.1, -0.05) is 54.6 Å². The molecule has 1 aliphatic rings. The number of hydrogen-bond donors (Lipinski definition) is 3. The molecule has 4 rings (SSSR count). The summed E-state index contributed by atoms with van der Waals surface area (Å²) in [4.78, 5) is 53.5. The van der Waals surface area contributed by atoms with E-state index in [0.717, 1.165) is 21.4 Å². The van der Waals surface area contributed by atoms with Gasteiger partial charge >= 0.3 is 0 Å². The van der Waals surface area contributed by atoms with Crippen LogP contribution in [0.4, 0.5) is 0 Å². The number of aliphatic hydroxyl groups excluding tert-OH is 1. The monoisotopic (exact) mass is 577 g/mol. The Kier molecular flexibility index (Phi) is 9.29. The third-order valence-corrected chi connectivity index (χ3v) is 8.61. The Morgan fingerprint density at radius 2 is 1.76 bits per heavy atom. The Balaban J connectivity index is 1.55. The van der Waals surface area contributed by atoms with Crippen LogP contribution in [-0.2, 0) is 29.6 Å². The van der Waals surface area contributed by atoms with Crippen molar-refractivity contribution in [2.45, 2.75) is 56.7 Å². The summed E-state index contributed by atoms with van der Waals surface area (Å²) in [5, 5.41) is 21.1. The van der Waals surface area contributed by atoms with E-state index in [9.17, 15) is 24.3 Å². The molecule has 0 saturated carbocycles. The van der Waals surface area contributed by atoms with Crippen LogP contribution < -0.4 is 16.2 Å². The van der Waals surface area contributed by atoms with Crippen LogP contribution in [0.15, 0.2) is 71.5 Å². The van der Waals surface area contributed by atoms with Crippen LogP contribution in [0.5, 0.6) is 0 Å². The van der Waals surface area contributed by atoms with Gasteiger partial charge in [-0.15, -0.1) is 11.8 Å². The molecule has 41 heavy (non-hydrogen) atoms. The third kappa shape index (κ3) is 7.04. The molecular formula is C30H35N5O5S. The van der Waals surface area contributed by atoms with Crippen LogP contribution in [0.2, 0.25) is 0 Å². The molecule has 1 fully saturated rings. The number of amides is 3. The summed E-state index contributed by atoms with van der Waals surface area (Å²) < 4.78 is 0.425. The number of rotatable bonds is 9. The Morgan fingerprint density at radius 3 is 2.44 bits per heavy atom. The standard InChI is InChI=1S/C30H35N5O5S/c1-19-10-8-9-13-21(19)17-31-28(39)26-30(2,3)41-18-35(26)29(40)25(37)23(16-20-11-6-5-7-12-20)32-27(38)22-14-15-24(36)34(4)33-22/h5-15,23,25-26,37H,16-18H2,1-4H3,(H,31,39)(H,32,38)/t23-,25-,26+/m0/s1. The first-order valence-corrected chi connectivity index (χ1v) is 14.3. The van der Waals surface area contributed by atoms with E-state index in [4.69, 9.17) is 0 Å². The molecule has 0 aliphatic carbocycles. The molecule has 10 nitrogen and oxygen atoms in total. The lowest BCUT2D eigenvalue weighted by Crippen LogP contribution is -2.58. The number of aromatic nitrogens is 2. The smallest absolute Gasteiger partial charge is 0.272 e. The summed E-state index contributed by atoms with van der Waals surface area (Å²) in [6.07, 6.45) is -1.49. The molecule has 3 aromatic rings. The first-order valence-electron chi connectivity index (χ1n) is 13.3. The van der Waals surface area contributed by atoms with E-state index in [0.29, 0.717) is 6.54 Å². The quantitative estimate of drug-likeness (QED) is 0.353. The summed E-state index contributed by atoms with van der Waals surface area (Å²) >= 11 is 1.45. The highest BCUT2D eigenvalue weighted by Gasteiger charge is 2.49. The van der Waals surface area contributed by atoms with Crippen LogP contribution in [0.1, 0.15) is 41.0 Å². The molecule has 3 N–H and O–H groups in total. The highest BCUT2D eigenvalue weighted by Crippen LogP contribution is 2.40. The lowest BCUT2D eigenvalue weighted by molar-refractivity contribution is -0.147. The maximum atomic E-state index is 13.8. The fourth-order valence-corrected chi connectivity index (χ4v) is 5.96. The Hall–Kier alpha value is -3.96. The number of nitrogens with one attached hydrogen (secondary N) is 2. The predicted molar refractivity (Wildman–Crippen MR) is 157 cm³/mol. The maximum Gasteiger partial charge on any atom is 0.272 e. The Bertz CT molecular complexity index is 1480. The van der Waals surface area contributed by atoms with Gasteiger partial charge in [0.1, 0.15) is 11.7 Å². The second-order valence-corrected chi connectivity index (χ2v) is 12.2. The number of aryl methyl sites for hydroxylation is 2. The van der Waals surface area contributed by atoms with Crippen LogP contribution in [-0.4, -0.2) is 66.3 Å². The second kappa shape index (κ2) is 12.7. The average molecular weight is 578 g/mol. The molecule has 2 heterocycles. The van der Waals surface area contributed by atoms with Crippen LogP contribution >= 0.6 is 11.8 Å². The van der Waals surface area contributed by atoms with Gasteiger partial charge in [0.05, 0.1) is 11.9 Å². The Labute approximate surface area is 243 Å². The van der Waals surface area contributed by atoms with E-state index in [-0.39, 0.29) is 29.5 Å². The Morgan fingerprint density at radius 1 is 1.07 bits per heavy atom. The van der Waals surface area contributed by atoms with Crippen molar-refractivity contribution < 1.29 is 19.5 Å². The normalized spacial score (nSPS) is 17.5. The van der Waals surface area contributed by atoms with Crippen molar-refractivity contribution in [2.24, 2.45) is 7.05 Å². The van der Waals surface area contributed by atoms with Gasteiger partial charge in [0.25, 0.3) is 17.4 Å². The van der Waals surface area contributed by atoms with Crippen molar-refractivity contribution >= 4 is 29.5 Å². The fraction of sp³-hybridized carbons (Fsp3) is 0.367. The highest BCUT2D eigenvalue weighted by atomic mass is 32.2. The van der Waals surface area contributed by atoms with Gasteiger partial charge in [0.2, 0.25) is 5.91 Å². The molecule has 1 aromatic heterocycles. The van der Waals surface area contributed by atoms with Crippen molar-refractivity contribution in [3.63, 3.8) is 0 Å². The van der Waals surface area contributed by atoms with Crippen molar-refractivity contribution in [3.05, 3.63) is 99.5 Å². The van der Waals surface area contributed by atoms with E-state index >= 15 is 0 Å². The largest absolute Gasteiger partial charge is 0.381 e. The average Bonchev–Trinajstić information content (AvgIpc) is 3.28. The van der Waals surface area contributed by atoms with Gasteiger partial charge in [-0.25, -0.2) is 4.68 Å². The van der Waals surface area contributed by atoms with E-state index in [1.54, 1.807) is 0 Å². The summed E-state index contributed by atoms with van der Waals surface area (Å²) in [7, 11) is 1.43. The topological polar surface area (TPSA) is 134 Å². The number of nitrogens with zero attached hydrogens (tertiary/aromatic N) is 3. The number of carbonyl (C=O) groups excluding carboxylic acids is 3. The van der Waals surface area contributed by atoms with Crippen molar-refractivity contribution in [1.82, 2.24) is 25.3 Å². The molecular weight excluding hydrogens is 542 g/mol. The molecule has 3 atom stereocenters. The summed E-state index contributed by atoms with van der Waals surface area (Å²) in [5.74, 6) is -1.41. The highest BCUT2D eigenvalue weighted by molar-refractivity contribution is 8.00. The lowest BCUT2D eigenvalue weighted by atomic mass is 9.97. The van der Waals surface area contributed by atoms with Gasteiger partial charge in [0.15, 0.2) is 6.10 Å². The molecule has 216 valence electrons. The van der Waals surface area contributed by atoms with Gasteiger partial charge in [-0.3, -0.25) is 19.2 Å². The van der Waals surface area contributed by atoms with Crippen LogP contribution in [0.3, 0.4) is 0 Å². The molecule has 0 bridgehead atoms. The van der Waals surface area contributed by atoms with E-state index in [1.165, 1.54) is 35.8 Å². The van der Waals surface area contributed by atoms with Gasteiger partial charge in [-0.05, 0) is 49.9 Å². The van der Waals surface area contributed by atoms with E-state index in [1.807, 2.05) is 75.4 Å². The molecule has 11 heteroatoms. The number of benzene rings is 2. The molecule has 0 radical (unpaired) electrons. The summed E-state index contributed by atoms with van der Waals surface area (Å²) in [5.41, 5.74) is 2.40. The minimum absolute atomic E-state index is 0.0314. The van der Waals surface area contributed by atoms with E-state index < -0.39 is 34.7 Å². The lowest BCUT2D eigenvalue weighted by Gasteiger charge is -2.33. The second-order valence-electron chi connectivity index (χ2n) is 10.6. The van der Waals surface area contributed by atoms with Gasteiger partial charge in [-0.2, -0.15) is 5.10 Å². The molecule has 2 aromatic carbocycles. The maximum absolute atomic E-state index is 13.8. The fourth-order valence-electron chi connectivity index (χ4n) is 4.82. The SMILES string of the molecule is Cc1ccccc1CNC(=O)[C@H]1N(C(=O)[C@@H](O)[C@H](Cc2ccccc2)NC(=O)c2ccc(=O)n(C)n2)CSC1(C)C. The third-order valence-electron chi connectivity index (χ3n) is 7.23. The number of carbonyl (C=O) groups is 3. The van der Waals surface area contributed by atoms with Gasteiger partial charge < -0.3 is 20.6 Å². The minimum atomic E-state index is -1.65. The van der Waals surface area contributed by atoms with Crippen molar-refractivity contribution in [1.29, 1.82) is 0 Å². The van der Waals surface area contributed by atoms with Crippen LogP contribution in [0, 0.1) is 6.92 Å². The molecule has 1 saturated heterocycles. The number of aliphatic hydroxyl groups is 1. The zero-order valence-electron chi connectivity index (χ0n) is 23.5. The minimum Gasteiger partial charge on any atom is -0.381 e. The summed E-state index contributed by atoms with van der Waals surface area (Å²) in [6, 6.07) is 17.5. The van der Waals surface area contributed by atoms with Crippen molar-refractivity contribution in [3.8, 4) is 0 Å². The molecule has 1 aliphatic heterocycles. The summed E-state index contributed by atoms with van der Waals surface area (Å²) in [6.45, 7) is 6.06. The first kappa shape index (κ1) is 30.0. The number of hydrogen-bond acceptors (Lipinski definition) is 7. The number of thioether (sulfide) groups is 1. The molecule has 3 amide bonds. The zero-order valence-corrected chi connectivity index (χ0v) is 24.4. The van der Waals surface area contributed by atoms with Crippen molar-refractivity contribution in [2.75, 3.05) is 5.88 Å². The zero-order chi connectivity index (χ0) is 29.7. The molecule has 0 spiro atoms. The first-order chi connectivity index (χ1) is 19.5. The van der Waals surface area contributed by atoms with E-state index in [2.05, 4.69) is 15.7 Å². The predicted octanol–water partition coefficient (Wildman–Crippen LogP) is 1.79. The van der Waals surface area contributed by atoms with Gasteiger partial charge in [0, 0.05) is 24.4 Å². The van der Waals surface area contributed by atoms with Crippen LogP contribution in [0.25, 0.3) is 0 Å².